The number of carbonyl (C=O) groups is 4. The molecule has 1 fully saturated rings. The molecule has 41 heavy (non-hydrogen) atoms. The number of carbonyl (C=O) groups excluding carboxylic acids is 4. The predicted octanol–water partition coefficient (Wildman–Crippen LogP) is 0.921. The van der Waals surface area contributed by atoms with Crippen molar-refractivity contribution in [3.63, 3.8) is 0 Å². The van der Waals surface area contributed by atoms with Crippen LogP contribution in [0.3, 0.4) is 0 Å². The Hall–Kier alpha value is -4.32. The molecule has 0 bridgehead atoms. The Morgan fingerprint density at radius 3 is 2.22 bits per heavy atom. The van der Waals surface area contributed by atoms with E-state index < -0.39 is 75.6 Å². The lowest BCUT2D eigenvalue weighted by molar-refractivity contribution is -0.169. The molecule has 1 unspecified atom stereocenters. The largest absolute Gasteiger partial charge is 0.508 e. The van der Waals surface area contributed by atoms with Crippen molar-refractivity contribution >= 4 is 29.0 Å². The topological polar surface area (TPSA) is 199 Å². The molecule has 2 aromatic rings. The van der Waals surface area contributed by atoms with Crippen molar-refractivity contribution in [2.45, 2.75) is 37.0 Å². The number of aliphatic hydroxyl groups is 4. The molecule has 3 aliphatic rings. The quantitative estimate of drug-likeness (QED) is 0.225. The maximum atomic E-state index is 14.2. The Kier molecular flexibility index (Phi) is 6.64. The fourth-order valence-electron chi connectivity index (χ4n) is 6.77. The molecule has 0 heterocycles. The first kappa shape index (κ1) is 28.2. The lowest BCUT2D eigenvalue weighted by atomic mass is 9.53. The number of amides is 1. The van der Waals surface area contributed by atoms with Gasteiger partial charge in [-0.05, 0) is 50.6 Å². The van der Waals surface area contributed by atoms with Gasteiger partial charge in [0.25, 0.3) is 5.91 Å². The molecule has 3 aliphatic carbocycles. The molecule has 1 amide bonds. The van der Waals surface area contributed by atoms with E-state index in [4.69, 9.17) is 5.73 Å². The Labute approximate surface area is 234 Å². The average molecular weight is 563 g/mol. The van der Waals surface area contributed by atoms with Gasteiger partial charge in [0.05, 0.1) is 23.6 Å². The van der Waals surface area contributed by atoms with Gasteiger partial charge in [0.1, 0.15) is 22.8 Å². The van der Waals surface area contributed by atoms with Crippen molar-refractivity contribution in [2.24, 2.45) is 17.6 Å². The van der Waals surface area contributed by atoms with E-state index in [-0.39, 0.29) is 23.5 Å². The third-order valence-corrected chi connectivity index (χ3v) is 8.61. The minimum absolute atomic E-state index is 0.0821. The standard InChI is InChI=1S/C30H30N2O9/c1-12(33)14-9-7-13(8-10-14)11-16-15-5-4-6-17(34)18(15)24(35)20-19(16)25(36)22-23(32(2)3)26(37)21(29(31)40)28(39)30(22,41)27(20)38/h4-10,16,19,22-23,25,34-36,39,41H,11H2,1-3H3,(H2,31,40)/t16?,19-,22-,23+,25+,30+/m1/s1. The molecule has 0 aliphatic heterocycles. The van der Waals surface area contributed by atoms with E-state index >= 15 is 0 Å². The summed E-state index contributed by atoms with van der Waals surface area (Å²) in [6.07, 6.45) is -1.54. The Morgan fingerprint density at radius 2 is 1.66 bits per heavy atom. The van der Waals surface area contributed by atoms with Crippen LogP contribution in [0.1, 0.15) is 39.9 Å². The molecule has 11 nitrogen and oxygen atoms in total. The van der Waals surface area contributed by atoms with E-state index in [9.17, 15) is 44.7 Å². The lowest BCUT2D eigenvalue weighted by Gasteiger charge is -2.54. The molecule has 7 N–H and O–H groups in total. The highest BCUT2D eigenvalue weighted by Crippen LogP contribution is 2.56. The Morgan fingerprint density at radius 1 is 1.02 bits per heavy atom. The van der Waals surface area contributed by atoms with Gasteiger partial charge >= 0.3 is 0 Å². The monoisotopic (exact) mass is 562 g/mol. The van der Waals surface area contributed by atoms with Crippen molar-refractivity contribution in [3.8, 4) is 5.75 Å². The summed E-state index contributed by atoms with van der Waals surface area (Å²) in [5.41, 5.74) is 2.45. The second kappa shape index (κ2) is 9.65. The molecular formula is C30H30N2O9. The summed E-state index contributed by atoms with van der Waals surface area (Å²) in [5.74, 6) is -9.66. The molecule has 0 radical (unpaired) electrons. The van der Waals surface area contributed by atoms with Crippen LogP contribution in [0, 0.1) is 11.8 Å². The molecule has 0 aromatic heterocycles. The van der Waals surface area contributed by atoms with Gasteiger partial charge in [-0.1, -0.05) is 36.4 Å². The van der Waals surface area contributed by atoms with Crippen LogP contribution in [-0.4, -0.2) is 85.5 Å². The number of Topliss-reactive ketones (excluding diaryl/α,β-unsaturated/α-hetero) is 3. The van der Waals surface area contributed by atoms with Gasteiger partial charge in [0.15, 0.2) is 17.2 Å². The summed E-state index contributed by atoms with van der Waals surface area (Å²) in [5, 5.41) is 56.9. The smallest absolute Gasteiger partial charge is 0.255 e. The van der Waals surface area contributed by atoms with Crippen LogP contribution in [0.5, 0.6) is 5.75 Å². The first-order valence-electron chi connectivity index (χ1n) is 13.0. The van der Waals surface area contributed by atoms with E-state index in [0.717, 1.165) is 0 Å². The zero-order valence-corrected chi connectivity index (χ0v) is 22.5. The van der Waals surface area contributed by atoms with Crippen LogP contribution < -0.4 is 5.73 Å². The fourth-order valence-corrected chi connectivity index (χ4v) is 6.77. The molecule has 2 aromatic carbocycles. The third-order valence-electron chi connectivity index (χ3n) is 8.61. The predicted molar refractivity (Wildman–Crippen MR) is 145 cm³/mol. The van der Waals surface area contributed by atoms with Gasteiger partial charge in [-0.15, -0.1) is 0 Å². The van der Waals surface area contributed by atoms with Crippen molar-refractivity contribution in [1.29, 1.82) is 0 Å². The van der Waals surface area contributed by atoms with Crippen LogP contribution in [-0.2, 0) is 20.8 Å². The third kappa shape index (κ3) is 3.91. The van der Waals surface area contributed by atoms with Crippen molar-refractivity contribution < 1.29 is 44.7 Å². The van der Waals surface area contributed by atoms with Gasteiger partial charge in [-0.2, -0.15) is 0 Å². The number of fused-ring (bicyclic) bond motifs is 3. The molecule has 1 saturated carbocycles. The van der Waals surface area contributed by atoms with Gasteiger partial charge in [0, 0.05) is 17.1 Å². The molecule has 11 heteroatoms. The maximum absolute atomic E-state index is 14.2. The number of nitrogens with two attached hydrogens (primary N) is 1. The number of benzene rings is 2. The number of primary amides is 1. The highest BCUT2D eigenvalue weighted by Gasteiger charge is 2.68. The molecule has 5 rings (SSSR count). The maximum Gasteiger partial charge on any atom is 0.255 e. The molecule has 0 saturated heterocycles. The van der Waals surface area contributed by atoms with Crippen molar-refractivity contribution in [3.05, 3.63) is 81.6 Å². The summed E-state index contributed by atoms with van der Waals surface area (Å²) in [6, 6.07) is 9.74. The van der Waals surface area contributed by atoms with Crippen LogP contribution in [0.15, 0.2) is 59.4 Å². The minimum atomic E-state index is -2.98. The van der Waals surface area contributed by atoms with Gasteiger partial charge in [-0.3, -0.25) is 24.1 Å². The highest BCUT2D eigenvalue weighted by molar-refractivity contribution is 6.24. The number of phenols is 1. The summed E-state index contributed by atoms with van der Waals surface area (Å²) in [4.78, 5) is 52.9. The number of aliphatic hydroxyl groups excluding tert-OH is 3. The SMILES string of the molecule is CC(=O)c1ccc(CC2c3cccc(O)c3C(O)=C3C(=O)[C@]4(O)C(O)=C(C(N)=O)C(=O)[C@@H](N(C)C)[C@@H]4[C@@H](O)[C@@H]32)cc1. The first-order valence-corrected chi connectivity index (χ1v) is 13.0. The van der Waals surface area contributed by atoms with Gasteiger partial charge < -0.3 is 31.3 Å². The summed E-state index contributed by atoms with van der Waals surface area (Å²) in [7, 11) is 2.90. The Balaban J connectivity index is 1.76. The molecular weight excluding hydrogens is 532 g/mol. The van der Waals surface area contributed by atoms with Crippen LogP contribution in [0.4, 0.5) is 0 Å². The zero-order chi connectivity index (χ0) is 30.1. The number of hydrogen-bond acceptors (Lipinski definition) is 10. The highest BCUT2D eigenvalue weighted by atomic mass is 16.4. The van der Waals surface area contributed by atoms with Crippen LogP contribution in [0.2, 0.25) is 0 Å². The molecule has 6 atom stereocenters. The number of aromatic hydroxyl groups is 1. The number of rotatable bonds is 5. The number of nitrogens with zero attached hydrogens (tertiary/aromatic N) is 1. The van der Waals surface area contributed by atoms with Crippen LogP contribution >= 0.6 is 0 Å². The normalized spacial score (nSPS) is 29.3. The number of hydrogen-bond donors (Lipinski definition) is 6. The van der Waals surface area contributed by atoms with E-state index in [1.165, 1.54) is 32.0 Å². The fraction of sp³-hybridized carbons (Fsp3) is 0.333. The van der Waals surface area contributed by atoms with Gasteiger partial charge in [0.2, 0.25) is 5.78 Å². The first-order chi connectivity index (χ1) is 19.2. The summed E-state index contributed by atoms with van der Waals surface area (Å²) < 4.78 is 0. The molecule has 0 spiro atoms. The van der Waals surface area contributed by atoms with E-state index in [1.807, 2.05) is 0 Å². The van der Waals surface area contributed by atoms with Crippen molar-refractivity contribution in [1.82, 2.24) is 4.90 Å². The second-order valence-corrected chi connectivity index (χ2v) is 11.1. The van der Waals surface area contributed by atoms with Crippen molar-refractivity contribution in [2.75, 3.05) is 14.1 Å². The minimum Gasteiger partial charge on any atom is -0.508 e. The summed E-state index contributed by atoms with van der Waals surface area (Å²) in [6.45, 7) is 1.43. The number of likely N-dealkylation sites (N-methyl/N-ethyl adjacent to an activating group) is 1. The number of phenolic OH excluding ortho intramolecular Hbond substituents is 1. The van der Waals surface area contributed by atoms with E-state index in [0.29, 0.717) is 16.7 Å². The second-order valence-electron chi connectivity index (χ2n) is 11.1. The number of ketones is 3. The van der Waals surface area contributed by atoms with E-state index in [1.54, 1.807) is 36.4 Å². The van der Waals surface area contributed by atoms with E-state index in [2.05, 4.69) is 0 Å². The Bertz CT molecular complexity index is 1570. The average Bonchev–Trinajstić information content (AvgIpc) is 2.90. The van der Waals surface area contributed by atoms with Crippen LogP contribution in [0.25, 0.3) is 5.76 Å². The summed E-state index contributed by atoms with van der Waals surface area (Å²) >= 11 is 0. The lowest BCUT2D eigenvalue weighted by Crippen LogP contribution is -2.70. The molecule has 214 valence electrons. The van der Waals surface area contributed by atoms with Gasteiger partial charge in [-0.25, -0.2) is 0 Å². The zero-order valence-electron chi connectivity index (χ0n) is 22.5.